The highest BCUT2D eigenvalue weighted by atomic mass is 16.8. The second-order valence-electron chi connectivity index (χ2n) is 20.3. The Balaban J connectivity index is 1.61. The van der Waals surface area contributed by atoms with Gasteiger partial charge in [-0.2, -0.15) is 0 Å². The van der Waals surface area contributed by atoms with Crippen LogP contribution >= 0.6 is 0 Å². The Labute approximate surface area is 412 Å². The molecule has 3 aliphatic heterocycles. The molecule has 0 aromatic heterocycles. The third-order valence-corrected chi connectivity index (χ3v) is 14.6. The monoisotopic (exact) mass is 988 g/mol. The number of aliphatic hydroxyl groups is 4. The zero-order valence-electron chi connectivity index (χ0n) is 42.7. The van der Waals surface area contributed by atoms with E-state index in [4.69, 9.17) is 42.6 Å². The first-order chi connectivity index (χ1) is 32.8. The van der Waals surface area contributed by atoms with Crippen molar-refractivity contribution in [2.24, 2.45) is 23.7 Å². The molecule has 8 unspecified atom stereocenters. The lowest BCUT2D eigenvalue weighted by Crippen LogP contribution is -2.62. The predicted octanol–water partition coefficient (Wildman–Crippen LogP) is 5.85. The fraction of sp³-hybridized carbons (Fsp3) is 0.692. The van der Waals surface area contributed by atoms with Crippen molar-refractivity contribution < 1.29 is 82.2 Å². The molecule has 0 saturated carbocycles. The Hall–Kier alpha value is -4.24. The summed E-state index contributed by atoms with van der Waals surface area (Å²) >= 11 is 0. The number of carbonyl (C=O) groups is 4. The molecule has 1 amide bonds. The molecule has 18 heteroatoms. The number of esters is 1. The zero-order chi connectivity index (χ0) is 51.9. The van der Waals surface area contributed by atoms with E-state index < -0.39 is 132 Å². The van der Waals surface area contributed by atoms with Gasteiger partial charge in [-0.25, -0.2) is 9.59 Å². The number of methoxy groups -OCH3 is 1. The number of nitrogens with zero attached hydrogens (tertiary/aromatic N) is 1. The van der Waals surface area contributed by atoms with E-state index in [1.165, 1.54) is 39.8 Å². The molecule has 18 nitrogen and oxygen atoms in total. The van der Waals surface area contributed by atoms with E-state index in [9.17, 15) is 39.6 Å². The summed E-state index contributed by atoms with van der Waals surface area (Å²) in [7, 11) is 2.95. The van der Waals surface area contributed by atoms with Crippen molar-refractivity contribution >= 4 is 24.0 Å². The summed E-state index contributed by atoms with van der Waals surface area (Å²) < 4.78 is 55.5. The number of benzene rings is 2. The third kappa shape index (κ3) is 13.4. The van der Waals surface area contributed by atoms with E-state index in [1.54, 1.807) is 72.7 Å². The van der Waals surface area contributed by atoms with E-state index in [0.717, 1.165) is 5.56 Å². The minimum Gasteiger partial charge on any atom is -0.459 e. The Bertz CT molecular complexity index is 2020. The summed E-state index contributed by atoms with van der Waals surface area (Å²) in [6.07, 6.45) is -14.2. The van der Waals surface area contributed by atoms with E-state index >= 15 is 0 Å². The molecule has 2 aromatic carbocycles. The van der Waals surface area contributed by atoms with E-state index in [1.807, 2.05) is 36.4 Å². The highest BCUT2D eigenvalue weighted by Gasteiger charge is 2.54. The van der Waals surface area contributed by atoms with Crippen LogP contribution < -0.4 is 0 Å². The van der Waals surface area contributed by atoms with Crippen LogP contribution in [0.3, 0.4) is 0 Å². The molecule has 0 spiro atoms. The lowest BCUT2D eigenvalue weighted by Gasteiger charge is -2.49. The van der Waals surface area contributed by atoms with Crippen LogP contribution in [-0.2, 0) is 65.4 Å². The highest BCUT2D eigenvalue weighted by Crippen LogP contribution is 2.41. The second kappa shape index (κ2) is 24.0. The van der Waals surface area contributed by atoms with Gasteiger partial charge in [0.2, 0.25) is 0 Å². The molecule has 0 radical (unpaired) electrons. The molecule has 0 aliphatic carbocycles. The van der Waals surface area contributed by atoms with Crippen LogP contribution in [0.25, 0.3) is 0 Å². The van der Waals surface area contributed by atoms with Gasteiger partial charge in [-0.1, -0.05) is 88.4 Å². The van der Waals surface area contributed by atoms with Crippen molar-refractivity contribution in [1.29, 1.82) is 0 Å². The van der Waals surface area contributed by atoms with Crippen LogP contribution in [0.5, 0.6) is 0 Å². The van der Waals surface area contributed by atoms with Crippen molar-refractivity contribution in [1.82, 2.24) is 4.90 Å². The fourth-order valence-corrected chi connectivity index (χ4v) is 10.2. The van der Waals surface area contributed by atoms with E-state index in [2.05, 4.69) is 0 Å². The molecule has 4 N–H and O–H groups in total. The first-order valence-corrected chi connectivity index (χ1v) is 24.4. The number of hydrogen-bond donors (Lipinski definition) is 4. The number of ether oxygens (including phenoxy) is 9. The Morgan fingerprint density at radius 2 is 1.37 bits per heavy atom. The van der Waals surface area contributed by atoms with Gasteiger partial charge in [0.15, 0.2) is 18.7 Å². The average Bonchev–Trinajstić information content (AvgIpc) is 3.33. The summed E-state index contributed by atoms with van der Waals surface area (Å²) in [5, 5.41) is 47.4. The molecular formula is C52H77NO17. The molecule has 3 saturated heterocycles. The van der Waals surface area contributed by atoms with Gasteiger partial charge in [0.1, 0.15) is 36.8 Å². The number of carbonyl (C=O) groups excluding carboxylic acids is 4. The SMILES string of the molecule is CCC1OC(=O)C(C)C(O[C@H]2C[C@@](C)(OC)[C@@H](O)C(C)O2)C(C)[C@@H](OC2OC(C)CC(N(C)C(=O)OCc3ccccc3)[C@H]2OC(=O)OCc2ccccc2)[C@@](C)(O)C[C@@H](C)C(=O)[C@H](C)[C@@H](O)[C@]1(C)O. The Morgan fingerprint density at radius 1 is 0.786 bits per heavy atom. The van der Waals surface area contributed by atoms with Gasteiger partial charge in [-0.05, 0) is 71.9 Å². The average molecular weight is 988 g/mol. The molecule has 70 heavy (non-hydrogen) atoms. The maximum Gasteiger partial charge on any atom is 0.509 e. The summed E-state index contributed by atoms with van der Waals surface area (Å²) in [5.74, 6) is -5.75. The van der Waals surface area contributed by atoms with Crippen LogP contribution in [-0.4, -0.2) is 148 Å². The summed E-state index contributed by atoms with van der Waals surface area (Å²) in [4.78, 5) is 57.6. The van der Waals surface area contributed by atoms with Gasteiger partial charge in [0, 0.05) is 38.3 Å². The quantitative estimate of drug-likeness (QED) is 0.144. The third-order valence-electron chi connectivity index (χ3n) is 14.6. The van der Waals surface area contributed by atoms with Gasteiger partial charge >= 0.3 is 18.2 Å². The van der Waals surface area contributed by atoms with Crippen molar-refractivity contribution in [2.75, 3.05) is 14.2 Å². The van der Waals surface area contributed by atoms with Crippen molar-refractivity contribution in [2.45, 2.75) is 192 Å². The molecule has 3 heterocycles. The standard InChI is InChI=1S/C52H77NO17/c1-13-38-52(10,61)43(55)31(4)40(54)29(2)25-50(8,60)45(32(5)41(33(6)46(57)67-38)68-39-26-51(9,62-12)44(56)34(7)66-39)70-47-42(69-49(59)64-28-36-22-18-15-19-23-36)37(24-30(3)65-47)53(11)48(58)63-27-35-20-16-14-17-21-35/h14-23,29-34,37-39,41-45,47,55-56,60-61H,13,24-28H2,1-12H3/t29-,30?,31+,32?,33?,34?,37?,38?,39+,41?,42-,43-,44+,45-,47?,50+,51-,52-/m1/s1. The molecular weight excluding hydrogens is 911 g/mol. The molecule has 5 rings (SSSR count). The summed E-state index contributed by atoms with van der Waals surface area (Å²) in [6.45, 7) is 15.6. The number of cyclic esters (lactones) is 1. The smallest absolute Gasteiger partial charge is 0.459 e. The van der Waals surface area contributed by atoms with Crippen molar-refractivity contribution in [3.8, 4) is 0 Å². The predicted molar refractivity (Wildman–Crippen MR) is 252 cm³/mol. The van der Waals surface area contributed by atoms with E-state index in [0.29, 0.717) is 5.56 Å². The molecule has 0 bridgehead atoms. The zero-order valence-corrected chi connectivity index (χ0v) is 42.7. The Morgan fingerprint density at radius 3 is 1.94 bits per heavy atom. The minimum atomic E-state index is -2.08. The normalized spacial score (nSPS) is 38.9. The molecule has 2 aromatic rings. The number of Topliss-reactive ketones (excluding diaryl/α,β-unsaturated/α-hetero) is 1. The largest absolute Gasteiger partial charge is 0.509 e. The highest BCUT2D eigenvalue weighted by molar-refractivity contribution is 5.83. The number of amides is 1. The summed E-state index contributed by atoms with van der Waals surface area (Å²) in [5.41, 5.74) is -3.83. The lowest BCUT2D eigenvalue weighted by atomic mass is 9.74. The molecule has 3 aliphatic rings. The van der Waals surface area contributed by atoms with Gasteiger partial charge < -0.3 is 68.0 Å². The lowest BCUT2D eigenvalue weighted by molar-refractivity contribution is -0.318. The van der Waals surface area contributed by atoms with Gasteiger partial charge in [-0.3, -0.25) is 9.59 Å². The number of rotatable bonds is 12. The first-order valence-electron chi connectivity index (χ1n) is 24.4. The second-order valence-corrected chi connectivity index (χ2v) is 20.3. The maximum absolute atomic E-state index is 14.5. The molecule has 3 fully saturated rings. The van der Waals surface area contributed by atoms with Crippen molar-refractivity contribution in [3.05, 3.63) is 71.8 Å². The number of ketones is 1. The van der Waals surface area contributed by atoms with E-state index in [-0.39, 0.29) is 38.9 Å². The van der Waals surface area contributed by atoms with Gasteiger partial charge in [0.25, 0.3) is 0 Å². The van der Waals surface area contributed by atoms with Crippen molar-refractivity contribution in [3.63, 3.8) is 0 Å². The van der Waals surface area contributed by atoms with Crippen LogP contribution in [0.2, 0.25) is 0 Å². The number of hydrogen-bond acceptors (Lipinski definition) is 17. The Kier molecular flexibility index (Phi) is 19.4. The number of aliphatic hydroxyl groups excluding tert-OH is 2. The van der Waals surface area contributed by atoms with Crippen LogP contribution in [0.1, 0.15) is 106 Å². The molecule has 18 atom stereocenters. The number of likely N-dealkylation sites (N-methyl/N-ethyl adjacent to an activating group) is 1. The maximum atomic E-state index is 14.5. The topological polar surface area (TPSA) is 236 Å². The van der Waals surface area contributed by atoms with Crippen LogP contribution in [0.15, 0.2) is 60.7 Å². The fourth-order valence-electron chi connectivity index (χ4n) is 10.2. The van der Waals surface area contributed by atoms with Crippen LogP contribution in [0, 0.1) is 23.7 Å². The minimum absolute atomic E-state index is 0.00245. The molecule has 392 valence electrons. The summed E-state index contributed by atoms with van der Waals surface area (Å²) in [6, 6.07) is 17.1. The first kappa shape index (κ1) is 56.7. The van der Waals surface area contributed by atoms with Gasteiger partial charge in [-0.15, -0.1) is 0 Å². The van der Waals surface area contributed by atoms with Gasteiger partial charge in [0.05, 0.1) is 53.7 Å². The van der Waals surface area contributed by atoms with Crippen LogP contribution in [0.4, 0.5) is 9.59 Å².